The van der Waals surface area contributed by atoms with Crippen molar-refractivity contribution in [3.8, 4) is 0 Å². The molecule has 0 saturated heterocycles. The van der Waals surface area contributed by atoms with Gasteiger partial charge in [0.1, 0.15) is 16.5 Å². The molecule has 3 nitrogen and oxygen atoms in total. The lowest BCUT2D eigenvalue weighted by molar-refractivity contribution is 0.402. The van der Waals surface area contributed by atoms with E-state index in [2.05, 4.69) is 0 Å². The number of benzene rings is 2. The lowest BCUT2D eigenvalue weighted by atomic mass is 10.2. The quantitative estimate of drug-likeness (QED) is 0.814. The van der Waals surface area contributed by atoms with Gasteiger partial charge < -0.3 is 0 Å². The maximum absolute atomic E-state index is 13.8. The SMILES string of the molecule is CCCN(Cc1ccccc1)S(=O)(=O)c1ccc(F)cc1F. The molecule has 0 aromatic heterocycles. The summed E-state index contributed by atoms with van der Waals surface area (Å²) in [5, 5.41) is 0. The fraction of sp³-hybridized carbons (Fsp3) is 0.250. The molecule has 0 atom stereocenters. The molecule has 0 unspecified atom stereocenters. The van der Waals surface area contributed by atoms with Crippen molar-refractivity contribution < 1.29 is 17.2 Å². The van der Waals surface area contributed by atoms with E-state index in [9.17, 15) is 17.2 Å². The second-order valence-corrected chi connectivity index (χ2v) is 6.81. The minimum atomic E-state index is -4.02. The van der Waals surface area contributed by atoms with Crippen LogP contribution in [-0.2, 0) is 16.6 Å². The first-order valence-electron chi connectivity index (χ1n) is 6.94. The first-order chi connectivity index (χ1) is 10.4. The Labute approximate surface area is 129 Å². The summed E-state index contributed by atoms with van der Waals surface area (Å²) in [6.45, 7) is 2.25. The summed E-state index contributed by atoms with van der Waals surface area (Å²) in [7, 11) is -4.02. The maximum atomic E-state index is 13.8. The lowest BCUT2D eigenvalue weighted by Gasteiger charge is -2.22. The van der Waals surface area contributed by atoms with E-state index in [1.165, 1.54) is 4.31 Å². The highest BCUT2D eigenvalue weighted by atomic mass is 32.2. The Morgan fingerprint density at radius 2 is 1.73 bits per heavy atom. The maximum Gasteiger partial charge on any atom is 0.246 e. The second kappa shape index (κ2) is 6.98. The summed E-state index contributed by atoms with van der Waals surface area (Å²) in [6, 6.07) is 11.6. The number of hydrogen-bond donors (Lipinski definition) is 0. The van der Waals surface area contributed by atoms with Gasteiger partial charge in [-0.05, 0) is 24.1 Å². The van der Waals surface area contributed by atoms with Gasteiger partial charge in [0.25, 0.3) is 0 Å². The predicted octanol–water partition coefficient (Wildman–Crippen LogP) is 3.57. The van der Waals surface area contributed by atoms with Crippen LogP contribution < -0.4 is 0 Å². The molecule has 0 radical (unpaired) electrons. The van der Waals surface area contributed by atoms with Crippen LogP contribution in [0.2, 0.25) is 0 Å². The molecule has 0 N–H and O–H groups in total. The van der Waals surface area contributed by atoms with Gasteiger partial charge in [-0.3, -0.25) is 0 Å². The van der Waals surface area contributed by atoms with Gasteiger partial charge in [-0.15, -0.1) is 0 Å². The summed E-state index contributed by atoms with van der Waals surface area (Å²) in [5.74, 6) is -1.88. The van der Waals surface area contributed by atoms with Crippen LogP contribution in [0, 0.1) is 11.6 Å². The van der Waals surface area contributed by atoms with Crippen LogP contribution in [-0.4, -0.2) is 19.3 Å². The molecule has 0 heterocycles. The van der Waals surface area contributed by atoms with E-state index < -0.39 is 26.6 Å². The van der Waals surface area contributed by atoms with Crippen LogP contribution in [0.15, 0.2) is 53.4 Å². The van der Waals surface area contributed by atoms with Crippen molar-refractivity contribution in [2.24, 2.45) is 0 Å². The van der Waals surface area contributed by atoms with E-state index in [-0.39, 0.29) is 13.1 Å². The summed E-state index contributed by atoms with van der Waals surface area (Å²) >= 11 is 0. The molecule has 6 heteroatoms. The van der Waals surface area contributed by atoms with Crippen LogP contribution in [0.25, 0.3) is 0 Å². The normalized spacial score (nSPS) is 11.8. The van der Waals surface area contributed by atoms with Crippen LogP contribution in [0.5, 0.6) is 0 Å². The first kappa shape index (κ1) is 16.6. The van der Waals surface area contributed by atoms with Gasteiger partial charge in [0.05, 0.1) is 0 Å². The van der Waals surface area contributed by atoms with Crippen molar-refractivity contribution in [1.29, 1.82) is 0 Å². The third kappa shape index (κ3) is 3.69. The van der Waals surface area contributed by atoms with Crippen LogP contribution >= 0.6 is 0 Å². The van der Waals surface area contributed by atoms with Gasteiger partial charge >= 0.3 is 0 Å². The lowest BCUT2D eigenvalue weighted by Crippen LogP contribution is -2.32. The monoisotopic (exact) mass is 325 g/mol. The molecule has 0 amide bonds. The van der Waals surface area contributed by atoms with E-state index in [4.69, 9.17) is 0 Å². The molecule has 22 heavy (non-hydrogen) atoms. The predicted molar refractivity (Wildman–Crippen MR) is 80.7 cm³/mol. The van der Waals surface area contributed by atoms with Gasteiger partial charge in [0.15, 0.2) is 0 Å². The highest BCUT2D eigenvalue weighted by molar-refractivity contribution is 7.89. The second-order valence-electron chi connectivity index (χ2n) is 4.90. The number of halogens is 2. The molecule has 0 spiro atoms. The highest BCUT2D eigenvalue weighted by Gasteiger charge is 2.27. The van der Waals surface area contributed by atoms with E-state index in [0.717, 1.165) is 17.7 Å². The van der Waals surface area contributed by atoms with Crippen LogP contribution in [0.3, 0.4) is 0 Å². The largest absolute Gasteiger partial charge is 0.246 e. The van der Waals surface area contributed by atoms with E-state index in [0.29, 0.717) is 12.5 Å². The van der Waals surface area contributed by atoms with Gasteiger partial charge in [0.2, 0.25) is 10.0 Å². The summed E-state index contributed by atoms with van der Waals surface area (Å²) in [5.41, 5.74) is 0.807. The van der Waals surface area contributed by atoms with Crippen molar-refractivity contribution in [3.05, 3.63) is 65.7 Å². The average Bonchev–Trinajstić information content (AvgIpc) is 2.47. The van der Waals surface area contributed by atoms with Crippen LogP contribution in [0.4, 0.5) is 8.78 Å². The van der Waals surface area contributed by atoms with Crippen molar-refractivity contribution >= 4 is 10.0 Å². The first-order valence-corrected chi connectivity index (χ1v) is 8.38. The molecular formula is C16H17F2NO2S. The van der Waals surface area contributed by atoms with Crippen molar-refractivity contribution in [2.75, 3.05) is 6.54 Å². The molecular weight excluding hydrogens is 308 g/mol. The van der Waals surface area contributed by atoms with Gasteiger partial charge in [0, 0.05) is 19.2 Å². The Morgan fingerprint density at radius 3 is 2.32 bits per heavy atom. The van der Waals surface area contributed by atoms with E-state index in [1.807, 2.05) is 25.1 Å². The standard InChI is InChI=1S/C16H17F2NO2S/c1-2-10-19(12-13-6-4-3-5-7-13)22(20,21)16-9-8-14(17)11-15(16)18/h3-9,11H,2,10,12H2,1H3. The number of nitrogens with zero attached hydrogens (tertiary/aromatic N) is 1. The zero-order valence-corrected chi connectivity index (χ0v) is 13.0. The molecule has 0 saturated carbocycles. The summed E-state index contributed by atoms with van der Waals surface area (Å²) in [4.78, 5) is -0.502. The minimum Gasteiger partial charge on any atom is -0.207 e. The fourth-order valence-corrected chi connectivity index (χ4v) is 3.71. The molecule has 0 aliphatic rings. The fourth-order valence-electron chi connectivity index (χ4n) is 2.14. The summed E-state index contributed by atoms with van der Waals surface area (Å²) < 4.78 is 53.3. The molecule has 0 aliphatic heterocycles. The molecule has 0 bridgehead atoms. The smallest absolute Gasteiger partial charge is 0.207 e. The van der Waals surface area contributed by atoms with E-state index >= 15 is 0 Å². The average molecular weight is 325 g/mol. The third-order valence-corrected chi connectivity index (χ3v) is 5.06. The number of hydrogen-bond acceptors (Lipinski definition) is 2. The molecule has 0 aliphatic carbocycles. The van der Waals surface area contributed by atoms with E-state index in [1.54, 1.807) is 12.1 Å². The zero-order valence-electron chi connectivity index (χ0n) is 12.2. The Bertz CT molecular complexity index is 733. The van der Waals surface area contributed by atoms with Crippen molar-refractivity contribution in [3.63, 3.8) is 0 Å². The van der Waals surface area contributed by atoms with Gasteiger partial charge in [-0.2, -0.15) is 4.31 Å². The molecule has 2 aromatic rings. The Hall–Kier alpha value is -1.79. The van der Waals surface area contributed by atoms with Gasteiger partial charge in [-0.1, -0.05) is 37.3 Å². The summed E-state index contributed by atoms with van der Waals surface area (Å²) in [6.07, 6.45) is 0.592. The number of rotatable bonds is 6. The molecule has 118 valence electrons. The third-order valence-electron chi connectivity index (χ3n) is 3.19. The topological polar surface area (TPSA) is 37.4 Å². The Morgan fingerprint density at radius 1 is 1.05 bits per heavy atom. The zero-order chi connectivity index (χ0) is 16.2. The highest BCUT2D eigenvalue weighted by Crippen LogP contribution is 2.22. The van der Waals surface area contributed by atoms with Crippen molar-refractivity contribution in [2.45, 2.75) is 24.8 Å². The van der Waals surface area contributed by atoms with Gasteiger partial charge in [-0.25, -0.2) is 17.2 Å². The van der Waals surface area contributed by atoms with Crippen molar-refractivity contribution in [1.82, 2.24) is 4.31 Å². The van der Waals surface area contributed by atoms with Crippen LogP contribution in [0.1, 0.15) is 18.9 Å². The Kier molecular flexibility index (Phi) is 5.26. The molecule has 2 rings (SSSR count). The number of sulfonamides is 1. The molecule has 0 fully saturated rings. The Balaban J connectivity index is 2.37. The minimum absolute atomic E-state index is 0.147. The molecule has 2 aromatic carbocycles.